The zero-order valence-corrected chi connectivity index (χ0v) is 10.7. The lowest BCUT2D eigenvalue weighted by Crippen LogP contribution is -2.36. The summed E-state index contributed by atoms with van der Waals surface area (Å²) in [6.07, 6.45) is -4.57. The Morgan fingerprint density at radius 2 is 1.81 bits per heavy atom. The monoisotopic (exact) mass is 300 g/mol. The molecule has 1 N–H and O–H groups in total. The molecule has 1 aromatic carbocycles. The minimum atomic E-state index is -4.43. The number of imide groups is 1. The highest BCUT2D eigenvalue weighted by atomic mass is 19.4. The van der Waals surface area contributed by atoms with Crippen molar-refractivity contribution in [3.05, 3.63) is 35.4 Å². The second kappa shape index (κ2) is 5.55. The highest BCUT2D eigenvalue weighted by Crippen LogP contribution is 2.29. The van der Waals surface area contributed by atoms with Crippen LogP contribution in [0.25, 0.3) is 0 Å². The first-order chi connectivity index (χ1) is 9.77. The van der Waals surface area contributed by atoms with Gasteiger partial charge in [0.15, 0.2) is 5.78 Å². The molecule has 1 saturated heterocycles. The van der Waals surface area contributed by atoms with E-state index >= 15 is 0 Å². The van der Waals surface area contributed by atoms with Gasteiger partial charge < -0.3 is 5.32 Å². The fourth-order valence-corrected chi connectivity index (χ4v) is 1.89. The number of carbonyl (C=O) groups is 3. The van der Waals surface area contributed by atoms with Crippen molar-refractivity contribution in [1.29, 1.82) is 0 Å². The highest BCUT2D eigenvalue weighted by molar-refractivity contribution is 6.04. The van der Waals surface area contributed by atoms with E-state index in [1.165, 1.54) is 12.1 Å². The quantitative estimate of drug-likeness (QED) is 0.854. The molecule has 1 fully saturated rings. The number of nitrogens with one attached hydrogen (secondary N) is 1. The van der Waals surface area contributed by atoms with E-state index < -0.39 is 29.5 Å². The van der Waals surface area contributed by atoms with Gasteiger partial charge in [0, 0.05) is 6.42 Å². The maximum absolute atomic E-state index is 12.4. The predicted molar refractivity (Wildman–Crippen MR) is 65.3 cm³/mol. The molecule has 1 aliphatic rings. The van der Waals surface area contributed by atoms with Crippen LogP contribution in [0, 0.1) is 0 Å². The van der Waals surface area contributed by atoms with Gasteiger partial charge in [-0.3, -0.25) is 14.5 Å². The molecule has 1 aliphatic heterocycles. The molecule has 0 unspecified atom stereocenters. The van der Waals surface area contributed by atoms with Crippen LogP contribution >= 0.6 is 0 Å². The summed E-state index contributed by atoms with van der Waals surface area (Å²) in [6, 6.07) is 3.53. The normalized spacial score (nSPS) is 15.3. The van der Waals surface area contributed by atoms with Gasteiger partial charge in [-0.25, -0.2) is 4.79 Å². The largest absolute Gasteiger partial charge is 0.416 e. The van der Waals surface area contributed by atoms with Gasteiger partial charge in [0.25, 0.3) is 0 Å². The van der Waals surface area contributed by atoms with Crippen LogP contribution in [-0.4, -0.2) is 35.7 Å². The first-order valence-electron chi connectivity index (χ1n) is 6.03. The minimum Gasteiger partial charge on any atom is -0.329 e. The smallest absolute Gasteiger partial charge is 0.329 e. The zero-order chi connectivity index (χ0) is 15.6. The topological polar surface area (TPSA) is 66.5 Å². The first-order valence-corrected chi connectivity index (χ1v) is 6.03. The third-order valence-electron chi connectivity index (χ3n) is 2.95. The van der Waals surface area contributed by atoms with Crippen LogP contribution < -0.4 is 5.32 Å². The highest BCUT2D eigenvalue weighted by Gasteiger charge is 2.31. The van der Waals surface area contributed by atoms with Crippen molar-refractivity contribution in [2.24, 2.45) is 0 Å². The molecule has 0 aromatic heterocycles. The Morgan fingerprint density at radius 3 is 2.29 bits per heavy atom. The van der Waals surface area contributed by atoms with E-state index in [4.69, 9.17) is 0 Å². The summed E-state index contributed by atoms with van der Waals surface area (Å²) < 4.78 is 37.1. The third kappa shape index (κ3) is 3.59. The SMILES string of the molecule is O=C(Cc1ccc(C(F)(F)F)cc1)CN1C(=O)CNC1=O. The number of Topliss-reactive ketones (excluding diaryl/α,β-unsaturated/α-hetero) is 1. The van der Waals surface area contributed by atoms with E-state index in [-0.39, 0.29) is 19.5 Å². The number of urea groups is 1. The van der Waals surface area contributed by atoms with Gasteiger partial charge in [-0.15, -0.1) is 0 Å². The van der Waals surface area contributed by atoms with Gasteiger partial charge >= 0.3 is 12.2 Å². The second-order valence-electron chi connectivity index (χ2n) is 4.55. The molecular formula is C13H11F3N2O3. The molecular weight excluding hydrogens is 289 g/mol. The first kappa shape index (κ1) is 15.0. The fourth-order valence-electron chi connectivity index (χ4n) is 1.89. The molecule has 0 spiro atoms. The number of ketones is 1. The number of halogens is 3. The summed E-state index contributed by atoms with van der Waals surface area (Å²) in [4.78, 5) is 35.1. The van der Waals surface area contributed by atoms with Gasteiger partial charge in [0.2, 0.25) is 5.91 Å². The van der Waals surface area contributed by atoms with Crippen molar-refractivity contribution in [2.75, 3.05) is 13.1 Å². The molecule has 8 heteroatoms. The van der Waals surface area contributed by atoms with Crippen molar-refractivity contribution in [3.63, 3.8) is 0 Å². The average molecular weight is 300 g/mol. The Morgan fingerprint density at radius 1 is 1.19 bits per heavy atom. The minimum absolute atomic E-state index is 0.144. The molecule has 1 aromatic rings. The summed E-state index contributed by atoms with van der Waals surface area (Å²) in [7, 11) is 0. The van der Waals surface area contributed by atoms with Crippen LogP contribution in [-0.2, 0) is 22.2 Å². The Bertz CT molecular complexity index is 565. The van der Waals surface area contributed by atoms with Gasteiger partial charge in [-0.2, -0.15) is 13.2 Å². The summed E-state index contributed by atoms with van der Waals surface area (Å²) in [6.45, 7) is -0.530. The van der Waals surface area contributed by atoms with Crippen molar-refractivity contribution in [3.8, 4) is 0 Å². The molecule has 0 aliphatic carbocycles. The number of alkyl halides is 3. The lowest BCUT2D eigenvalue weighted by Gasteiger charge is -2.11. The lowest BCUT2D eigenvalue weighted by atomic mass is 10.1. The lowest BCUT2D eigenvalue weighted by molar-refractivity contribution is -0.137. The number of hydrogen-bond acceptors (Lipinski definition) is 3. The Labute approximate surface area is 117 Å². The van der Waals surface area contributed by atoms with Gasteiger partial charge in [-0.1, -0.05) is 12.1 Å². The van der Waals surface area contributed by atoms with E-state index in [1.807, 2.05) is 0 Å². The third-order valence-corrected chi connectivity index (χ3v) is 2.95. The molecule has 0 bridgehead atoms. The molecule has 1 heterocycles. The Hall–Kier alpha value is -2.38. The van der Waals surface area contributed by atoms with Crippen LogP contribution in [0.4, 0.5) is 18.0 Å². The Kier molecular flexibility index (Phi) is 3.97. The summed E-state index contributed by atoms with van der Waals surface area (Å²) in [5.41, 5.74) is -0.409. The number of amides is 3. The van der Waals surface area contributed by atoms with E-state index in [2.05, 4.69) is 5.32 Å². The fraction of sp³-hybridized carbons (Fsp3) is 0.308. The molecule has 0 saturated carbocycles. The molecule has 2 rings (SSSR count). The van der Waals surface area contributed by atoms with Crippen molar-refractivity contribution in [2.45, 2.75) is 12.6 Å². The second-order valence-corrected chi connectivity index (χ2v) is 4.55. The van der Waals surface area contributed by atoms with E-state index in [0.717, 1.165) is 17.0 Å². The molecule has 5 nitrogen and oxygen atoms in total. The van der Waals surface area contributed by atoms with E-state index in [9.17, 15) is 27.6 Å². The molecule has 21 heavy (non-hydrogen) atoms. The van der Waals surface area contributed by atoms with Crippen LogP contribution in [0.15, 0.2) is 24.3 Å². The molecule has 3 amide bonds. The van der Waals surface area contributed by atoms with Gasteiger partial charge in [0.1, 0.15) is 0 Å². The van der Waals surface area contributed by atoms with Crippen molar-refractivity contribution >= 4 is 17.7 Å². The number of rotatable bonds is 4. The van der Waals surface area contributed by atoms with Crippen LogP contribution in [0.2, 0.25) is 0 Å². The molecule has 112 valence electrons. The maximum Gasteiger partial charge on any atom is 0.416 e. The van der Waals surface area contributed by atoms with Crippen molar-refractivity contribution < 1.29 is 27.6 Å². The summed E-state index contributed by atoms with van der Waals surface area (Å²) in [5.74, 6) is -0.930. The van der Waals surface area contributed by atoms with Crippen LogP contribution in [0.5, 0.6) is 0 Å². The Balaban J connectivity index is 1.97. The van der Waals surface area contributed by atoms with E-state index in [1.54, 1.807) is 0 Å². The predicted octanol–water partition coefficient (Wildman–Crippen LogP) is 1.37. The average Bonchev–Trinajstić information content (AvgIpc) is 2.70. The van der Waals surface area contributed by atoms with Gasteiger partial charge in [-0.05, 0) is 17.7 Å². The summed E-state index contributed by atoms with van der Waals surface area (Å²) in [5, 5.41) is 2.27. The number of carbonyl (C=O) groups excluding carboxylic acids is 3. The summed E-state index contributed by atoms with van der Waals surface area (Å²) >= 11 is 0. The van der Waals surface area contributed by atoms with E-state index in [0.29, 0.717) is 5.56 Å². The number of hydrogen-bond donors (Lipinski definition) is 1. The molecule has 0 atom stereocenters. The number of nitrogens with zero attached hydrogens (tertiary/aromatic N) is 1. The van der Waals surface area contributed by atoms with Crippen molar-refractivity contribution in [1.82, 2.24) is 10.2 Å². The van der Waals surface area contributed by atoms with Gasteiger partial charge in [0.05, 0.1) is 18.7 Å². The molecule has 0 radical (unpaired) electrons. The zero-order valence-electron chi connectivity index (χ0n) is 10.7. The number of benzene rings is 1. The van der Waals surface area contributed by atoms with Crippen LogP contribution in [0.1, 0.15) is 11.1 Å². The maximum atomic E-state index is 12.4. The van der Waals surface area contributed by atoms with Crippen LogP contribution in [0.3, 0.4) is 0 Å². The standard InChI is InChI=1S/C13H11F3N2O3/c14-13(15,16)9-3-1-8(2-4-9)5-10(19)7-18-11(20)6-17-12(18)21/h1-4H,5-7H2,(H,17,21).